The molecule has 1 aliphatic heterocycles. The number of aliphatic hydroxyl groups excluding tert-OH is 1. The van der Waals surface area contributed by atoms with Crippen LogP contribution in [-0.2, 0) is 4.74 Å². The second-order valence-corrected chi connectivity index (χ2v) is 4.71. The van der Waals surface area contributed by atoms with E-state index in [9.17, 15) is 9.90 Å². The number of ether oxygens (including phenoxy) is 1. The van der Waals surface area contributed by atoms with Gasteiger partial charge >= 0.3 is 5.97 Å². The summed E-state index contributed by atoms with van der Waals surface area (Å²) in [5.41, 5.74) is 0.715. The summed E-state index contributed by atoms with van der Waals surface area (Å²) in [4.78, 5) is 21.9. The van der Waals surface area contributed by atoms with Gasteiger partial charge in [-0.15, -0.1) is 0 Å². The minimum absolute atomic E-state index is 0.0635. The quantitative estimate of drug-likeness (QED) is 0.819. The lowest BCUT2D eigenvalue weighted by atomic mass is 10.0. The van der Waals surface area contributed by atoms with Crippen molar-refractivity contribution in [3.63, 3.8) is 0 Å². The Hall–Kier alpha value is -1.69. The van der Waals surface area contributed by atoms with Crippen LogP contribution in [0.15, 0.2) is 6.07 Å². The highest BCUT2D eigenvalue weighted by atomic mass is 16.5. The second kappa shape index (κ2) is 5.97. The van der Waals surface area contributed by atoms with Crippen LogP contribution in [0.4, 0.5) is 5.82 Å². The molecule has 6 nitrogen and oxygen atoms in total. The first kappa shape index (κ1) is 13.7. The fraction of sp³-hybridized carbons (Fsp3) is 0.615. The van der Waals surface area contributed by atoms with E-state index in [0.717, 1.165) is 25.8 Å². The number of rotatable bonds is 3. The molecule has 0 amide bonds. The molecule has 1 atom stereocenters. The third kappa shape index (κ3) is 3.01. The lowest BCUT2D eigenvalue weighted by Gasteiger charge is -2.35. The molecule has 0 aromatic carbocycles. The zero-order valence-electron chi connectivity index (χ0n) is 11.3. The third-order valence-electron chi connectivity index (χ3n) is 3.34. The average Bonchev–Trinajstić information content (AvgIpc) is 2.45. The molecular formula is C13H19N3O3. The molecule has 6 heteroatoms. The number of aromatic nitrogens is 2. The van der Waals surface area contributed by atoms with Crippen LogP contribution in [0, 0.1) is 6.92 Å². The number of anilines is 1. The molecule has 0 saturated carbocycles. The number of carbonyl (C=O) groups excluding carboxylic acids is 1. The largest absolute Gasteiger partial charge is 0.463 e. The highest BCUT2D eigenvalue weighted by Gasteiger charge is 2.24. The Balaban J connectivity index is 2.32. The van der Waals surface area contributed by atoms with Gasteiger partial charge in [0, 0.05) is 18.3 Å². The summed E-state index contributed by atoms with van der Waals surface area (Å²) in [6.07, 6.45) is 3.11. The predicted octanol–water partition coefficient (Wildman–Crippen LogP) is 0.923. The molecule has 0 aliphatic carbocycles. The van der Waals surface area contributed by atoms with Crippen molar-refractivity contribution in [2.24, 2.45) is 0 Å². The summed E-state index contributed by atoms with van der Waals surface area (Å²) >= 11 is 0. The number of hydrogen-bond donors (Lipinski definition) is 1. The maximum Gasteiger partial charge on any atom is 0.376 e. The molecule has 0 spiro atoms. The van der Waals surface area contributed by atoms with Crippen LogP contribution in [0.3, 0.4) is 0 Å². The van der Waals surface area contributed by atoms with E-state index in [1.807, 2.05) is 17.9 Å². The minimum Gasteiger partial charge on any atom is -0.463 e. The van der Waals surface area contributed by atoms with Gasteiger partial charge < -0.3 is 14.7 Å². The van der Waals surface area contributed by atoms with Gasteiger partial charge in [-0.3, -0.25) is 0 Å². The van der Waals surface area contributed by atoms with Gasteiger partial charge in [-0.25, -0.2) is 14.8 Å². The van der Waals surface area contributed by atoms with Crippen molar-refractivity contribution in [3.8, 4) is 0 Å². The van der Waals surface area contributed by atoms with Crippen molar-refractivity contribution in [3.05, 3.63) is 17.6 Å². The van der Waals surface area contributed by atoms with Crippen molar-refractivity contribution in [1.29, 1.82) is 0 Å². The third-order valence-corrected chi connectivity index (χ3v) is 3.34. The number of methoxy groups -OCH3 is 1. The van der Waals surface area contributed by atoms with Gasteiger partial charge in [0.2, 0.25) is 5.82 Å². The second-order valence-electron chi connectivity index (χ2n) is 4.71. The molecule has 1 saturated heterocycles. The van der Waals surface area contributed by atoms with Gasteiger partial charge in [0.05, 0.1) is 19.8 Å². The molecule has 1 N–H and O–H groups in total. The average molecular weight is 265 g/mol. The Bertz CT molecular complexity index is 464. The zero-order valence-corrected chi connectivity index (χ0v) is 11.3. The van der Waals surface area contributed by atoms with Gasteiger partial charge in [0.25, 0.3) is 0 Å². The first-order chi connectivity index (χ1) is 9.15. The van der Waals surface area contributed by atoms with Crippen LogP contribution in [0.1, 0.15) is 35.6 Å². The SMILES string of the molecule is COC(=O)c1nc(C)cc(N2CCCCC2CO)n1. The number of aryl methyl sites for hydroxylation is 1. The fourth-order valence-corrected chi connectivity index (χ4v) is 2.37. The monoisotopic (exact) mass is 265 g/mol. The topological polar surface area (TPSA) is 75.5 Å². The van der Waals surface area contributed by atoms with Crippen LogP contribution in [0.25, 0.3) is 0 Å². The van der Waals surface area contributed by atoms with E-state index in [1.165, 1.54) is 7.11 Å². The summed E-state index contributed by atoms with van der Waals surface area (Å²) in [5.74, 6) is 0.217. The standard InChI is InChI=1S/C13H19N3O3/c1-9-7-11(15-12(14-9)13(18)19-2)16-6-4-3-5-10(16)8-17/h7,10,17H,3-6,8H2,1-2H3. The van der Waals surface area contributed by atoms with E-state index in [2.05, 4.69) is 14.7 Å². The van der Waals surface area contributed by atoms with Gasteiger partial charge in [0.1, 0.15) is 5.82 Å². The number of hydrogen-bond acceptors (Lipinski definition) is 6. The smallest absolute Gasteiger partial charge is 0.376 e. The van der Waals surface area contributed by atoms with Crippen LogP contribution in [-0.4, -0.2) is 47.3 Å². The van der Waals surface area contributed by atoms with E-state index >= 15 is 0 Å². The summed E-state index contributed by atoms with van der Waals surface area (Å²) in [6.45, 7) is 2.74. The van der Waals surface area contributed by atoms with Crippen molar-refractivity contribution >= 4 is 11.8 Å². The summed E-state index contributed by atoms with van der Waals surface area (Å²) in [6, 6.07) is 1.90. The fourth-order valence-electron chi connectivity index (χ4n) is 2.37. The molecule has 1 aromatic heterocycles. The van der Waals surface area contributed by atoms with E-state index < -0.39 is 5.97 Å². The van der Waals surface area contributed by atoms with Crippen LogP contribution in [0.5, 0.6) is 0 Å². The van der Waals surface area contributed by atoms with Crippen LogP contribution < -0.4 is 4.90 Å². The normalized spacial score (nSPS) is 19.3. The molecule has 1 aliphatic rings. The van der Waals surface area contributed by atoms with Crippen LogP contribution >= 0.6 is 0 Å². The first-order valence-corrected chi connectivity index (χ1v) is 6.47. The molecule has 104 valence electrons. The number of carbonyl (C=O) groups is 1. The Morgan fingerprint density at radius 2 is 2.32 bits per heavy atom. The maximum atomic E-state index is 11.5. The Morgan fingerprint density at radius 3 is 3.00 bits per heavy atom. The molecule has 1 unspecified atom stereocenters. The zero-order chi connectivity index (χ0) is 13.8. The van der Waals surface area contributed by atoms with Gasteiger partial charge in [-0.2, -0.15) is 0 Å². The van der Waals surface area contributed by atoms with Gasteiger partial charge in [-0.05, 0) is 26.2 Å². The highest BCUT2D eigenvalue weighted by Crippen LogP contribution is 2.23. The van der Waals surface area contributed by atoms with Crippen molar-refractivity contribution in [2.75, 3.05) is 25.2 Å². The molecule has 0 radical (unpaired) electrons. The molecule has 0 bridgehead atoms. The van der Waals surface area contributed by atoms with Crippen molar-refractivity contribution < 1.29 is 14.6 Å². The Labute approximate surface area is 112 Å². The highest BCUT2D eigenvalue weighted by molar-refractivity contribution is 5.85. The Morgan fingerprint density at radius 1 is 1.53 bits per heavy atom. The lowest BCUT2D eigenvalue weighted by molar-refractivity contribution is 0.0586. The molecule has 2 rings (SSSR count). The molecular weight excluding hydrogens is 246 g/mol. The molecule has 19 heavy (non-hydrogen) atoms. The number of esters is 1. The molecule has 1 aromatic rings. The van der Waals surface area contributed by atoms with E-state index in [0.29, 0.717) is 11.5 Å². The van der Waals surface area contributed by atoms with E-state index in [1.54, 1.807) is 0 Å². The maximum absolute atomic E-state index is 11.5. The molecule has 2 heterocycles. The summed E-state index contributed by atoms with van der Waals surface area (Å²) in [7, 11) is 1.31. The van der Waals surface area contributed by atoms with Gasteiger partial charge in [0.15, 0.2) is 0 Å². The van der Waals surface area contributed by atoms with Crippen molar-refractivity contribution in [2.45, 2.75) is 32.2 Å². The number of nitrogens with zero attached hydrogens (tertiary/aromatic N) is 3. The van der Waals surface area contributed by atoms with E-state index in [4.69, 9.17) is 0 Å². The molecule has 1 fully saturated rings. The minimum atomic E-state index is -0.539. The summed E-state index contributed by atoms with van der Waals surface area (Å²) in [5, 5.41) is 9.44. The van der Waals surface area contributed by atoms with Crippen LogP contribution in [0.2, 0.25) is 0 Å². The Kier molecular flexibility index (Phi) is 4.31. The lowest BCUT2D eigenvalue weighted by Crippen LogP contribution is -2.42. The number of aliphatic hydroxyl groups is 1. The number of piperidine rings is 1. The summed E-state index contributed by atoms with van der Waals surface area (Å²) < 4.78 is 4.65. The van der Waals surface area contributed by atoms with Gasteiger partial charge in [-0.1, -0.05) is 0 Å². The van der Waals surface area contributed by atoms with E-state index in [-0.39, 0.29) is 18.5 Å². The van der Waals surface area contributed by atoms with Crippen molar-refractivity contribution in [1.82, 2.24) is 9.97 Å². The predicted molar refractivity (Wildman–Crippen MR) is 70.2 cm³/mol. The first-order valence-electron chi connectivity index (χ1n) is 6.47.